The molecule has 2 heteroatoms. The van der Waals surface area contributed by atoms with Crippen LogP contribution >= 0.6 is 0 Å². The van der Waals surface area contributed by atoms with Crippen molar-refractivity contribution in [2.75, 3.05) is 6.54 Å². The summed E-state index contributed by atoms with van der Waals surface area (Å²) in [4.78, 5) is 10.1. The SMILES string of the molecule is CC(C)(C)C.O=C1CCCN1. The van der Waals surface area contributed by atoms with Crippen molar-refractivity contribution < 1.29 is 4.79 Å². The quantitative estimate of drug-likeness (QED) is 0.572. The summed E-state index contributed by atoms with van der Waals surface area (Å²) in [6.45, 7) is 9.64. The van der Waals surface area contributed by atoms with E-state index in [2.05, 4.69) is 33.0 Å². The van der Waals surface area contributed by atoms with Gasteiger partial charge in [0.25, 0.3) is 0 Å². The highest BCUT2D eigenvalue weighted by Crippen LogP contribution is 2.08. The van der Waals surface area contributed by atoms with Crippen LogP contribution in [-0.4, -0.2) is 12.5 Å². The highest BCUT2D eigenvalue weighted by molar-refractivity contribution is 5.77. The molecule has 11 heavy (non-hydrogen) atoms. The van der Waals surface area contributed by atoms with Crippen molar-refractivity contribution in [1.29, 1.82) is 0 Å². The highest BCUT2D eigenvalue weighted by atomic mass is 16.1. The van der Waals surface area contributed by atoms with Crippen LogP contribution in [0.2, 0.25) is 0 Å². The molecule has 0 aromatic rings. The predicted molar refractivity (Wildman–Crippen MR) is 47.4 cm³/mol. The Bertz CT molecular complexity index is 110. The first-order valence-corrected chi connectivity index (χ1v) is 4.16. The molecule has 0 saturated carbocycles. The van der Waals surface area contributed by atoms with Gasteiger partial charge in [0.1, 0.15) is 0 Å². The first-order valence-electron chi connectivity index (χ1n) is 4.16. The van der Waals surface area contributed by atoms with Gasteiger partial charge in [0.05, 0.1) is 0 Å². The normalized spacial score (nSPS) is 16.9. The van der Waals surface area contributed by atoms with Gasteiger partial charge in [0.2, 0.25) is 5.91 Å². The summed E-state index contributed by atoms with van der Waals surface area (Å²) in [5.74, 6) is 0.204. The van der Waals surface area contributed by atoms with Crippen LogP contribution in [0, 0.1) is 5.41 Å². The van der Waals surface area contributed by atoms with Crippen LogP contribution in [0.3, 0.4) is 0 Å². The third-order valence-electron chi connectivity index (χ3n) is 0.903. The van der Waals surface area contributed by atoms with Crippen molar-refractivity contribution in [3.8, 4) is 0 Å². The van der Waals surface area contributed by atoms with Crippen molar-refractivity contribution in [3.05, 3.63) is 0 Å². The van der Waals surface area contributed by atoms with Crippen LogP contribution in [0.1, 0.15) is 40.5 Å². The second-order valence-electron chi connectivity index (χ2n) is 4.45. The maximum atomic E-state index is 10.1. The largest absolute Gasteiger partial charge is 0.356 e. The van der Waals surface area contributed by atoms with Crippen LogP contribution < -0.4 is 5.32 Å². The van der Waals surface area contributed by atoms with Crippen LogP contribution in [0.4, 0.5) is 0 Å². The number of hydrogen-bond acceptors (Lipinski definition) is 1. The van der Waals surface area contributed by atoms with Crippen LogP contribution in [-0.2, 0) is 4.79 Å². The Morgan fingerprint density at radius 3 is 1.82 bits per heavy atom. The fourth-order valence-corrected chi connectivity index (χ4v) is 0.565. The molecule has 0 aromatic carbocycles. The summed E-state index contributed by atoms with van der Waals surface area (Å²) >= 11 is 0. The van der Waals surface area contributed by atoms with E-state index in [0.717, 1.165) is 19.4 Å². The Morgan fingerprint density at radius 2 is 1.73 bits per heavy atom. The summed E-state index contributed by atoms with van der Waals surface area (Å²) in [6.07, 6.45) is 1.76. The minimum Gasteiger partial charge on any atom is -0.356 e. The van der Waals surface area contributed by atoms with Gasteiger partial charge < -0.3 is 5.32 Å². The van der Waals surface area contributed by atoms with E-state index in [4.69, 9.17) is 0 Å². The number of carbonyl (C=O) groups is 1. The zero-order chi connectivity index (χ0) is 8.91. The monoisotopic (exact) mass is 157 g/mol. The molecule has 1 aliphatic heterocycles. The predicted octanol–water partition coefficient (Wildman–Crippen LogP) is 1.95. The standard InChI is InChI=1S/C5H12.C4H7NO/c1-5(2,3)4;6-4-2-1-3-5-4/h1-4H3;1-3H2,(H,5,6). The first-order chi connectivity index (χ1) is 4.89. The van der Waals surface area contributed by atoms with Gasteiger partial charge in [0, 0.05) is 13.0 Å². The lowest BCUT2D eigenvalue weighted by molar-refractivity contribution is -0.119. The molecule has 66 valence electrons. The van der Waals surface area contributed by atoms with Gasteiger partial charge in [-0.25, -0.2) is 0 Å². The molecule has 0 spiro atoms. The molecule has 0 radical (unpaired) electrons. The summed E-state index contributed by atoms with van der Waals surface area (Å²) in [7, 11) is 0. The molecule has 1 fully saturated rings. The topological polar surface area (TPSA) is 29.1 Å². The van der Waals surface area contributed by atoms with Gasteiger partial charge in [-0.15, -0.1) is 0 Å². The van der Waals surface area contributed by atoms with Crippen molar-refractivity contribution >= 4 is 5.91 Å². The van der Waals surface area contributed by atoms with Gasteiger partial charge in [-0.05, 0) is 11.8 Å². The van der Waals surface area contributed by atoms with Gasteiger partial charge in [-0.3, -0.25) is 4.79 Å². The number of nitrogens with one attached hydrogen (secondary N) is 1. The fraction of sp³-hybridized carbons (Fsp3) is 0.889. The summed E-state index contributed by atoms with van der Waals surface area (Å²) < 4.78 is 0. The van der Waals surface area contributed by atoms with Crippen molar-refractivity contribution in [2.24, 2.45) is 5.41 Å². The zero-order valence-electron chi connectivity index (χ0n) is 8.03. The average molecular weight is 157 g/mol. The molecule has 1 aliphatic rings. The van der Waals surface area contributed by atoms with E-state index in [1.165, 1.54) is 0 Å². The molecule has 0 unspecified atom stereocenters. The Balaban J connectivity index is 0.000000187. The lowest BCUT2D eigenvalue weighted by Crippen LogP contribution is -2.12. The number of amides is 1. The third kappa shape index (κ3) is 12.6. The van der Waals surface area contributed by atoms with Crippen molar-refractivity contribution in [1.82, 2.24) is 5.32 Å². The Morgan fingerprint density at radius 1 is 1.27 bits per heavy atom. The van der Waals surface area contributed by atoms with E-state index in [1.54, 1.807) is 0 Å². The minimum atomic E-state index is 0.204. The first kappa shape index (κ1) is 10.5. The summed E-state index contributed by atoms with van der Waals surface area (Å²) in [6, 6.07) is 0. The van der Waals surface area contributed by atoms with Gasteiger partial charge in [0.15, 0.2) is 0 Å². The molecular weight excluding hydrogens is 138 g/mol. The van der Waals surface area contributed by atoms with Crippen LogP contribution in [0.25, 0.3) is 0 Å². The third-order valence-corrected chi connectivity index (χ3v) is 0.903. The Labute approximate surface area is 69.4 Å². The number of carbonyl (C=O) groups excluding carboxylic acids is 1. The Hall–Kier alpha value is -0.530. The highest BCUT2D eigenvalue weighted by Gasteiger charge is 2.05. The molecule has 2 nitrogen and oxygen atoms in total. The minimum absolute atomic E-state index is 0.204. The van der Waals surface area contributed by atoms with Crippen LogP contribution in [0.5, 0.6) is 0 Å². The zero-order valence-corrected chi connectivity index (χ0v) is 8.03. The van der Waals surface area contributed by atoms with E-state index in [-0.39, 0.29) is 5.91 Å². The van der Waals surface area contributed by atoms with Gasteiger partial charge in [-0.2, -0.15) is 0 Å². The second-order valence-corrected chi connectivity index (χ2v) is 4.45. The lowest BCUT2D eigenvalue weighted by atomic mass is 10.0. The smallest absolute Gasteiger partial charge is 0.220 e. The number of rotatable bonds is 0. The fourth-order valence-electron chi connectivity index (χ4n) is 0.565. The van der Waals surface area contributed by atoms with Gasteiger partial charge >= 0.3 is 0 Å². The van der Waals surface area contributed by atoms with E-state index in [9.17, 15) is 4.79 Å². The second kappa shape index (κ2) is 4.37. The average Bonchev–Trinajstić information content (AvgIpc) is 2.12. The molecule has 0 bridgehead atoms. The molecular formula is C9H19NO. The van der Waals surface area contributed by atoms with E-state index < -0.39 is 0 Å². The molecule has 1 heterocycles. The van der Waals surface area contributed by atoms with Gasteiger partial charge in [-0.1, -0.05) is 27.7 Å². The molecule has 1 amide bonds. The molecule has 1 saturated heterocycles. The van der Waals surface area contributed by atoms with Crippen molar-refractivity contribution in [2.45, 2.75) is 40.5 Å². The molecule has 1 rings (SSSR count). The lowest BCUT2D eigenvalue weighted by Gasteiger charge is -2.05. The number of hydrogen-bond donors (Lipinski definition) is 1. The van der Waals surface area contributed by atoms with Crippen molar-refractivity contribution in [3.63, 3.8) is 0 Å². The molecule has 1 N–H and O–H groups in total. The van der Waals surface area contributed by atoms with E-state index in [1.807, 2.05) is 0 Å². The maximum Gasteiger partial charge on any atom is 0.220 e. The van der Waals surface area contributed by atoms with E-state index in [0.29, 0.717) is 5.41 Å². The summed E-state index contributed by atoms with van der Waals surface area (Å²) in [5.41, 5.74) is 0.500. The molecule has 0 aromatic heterocycles. The molecule has 0 aliphatic carbocycles. The van der Waals surface area contributed by atoms with Crippen LogP contribution in [0.15, 0.2) is 0 Å². The summed E-state index contributed by atoms with van der Waals surface area (Å²) in [5, 5.41) is 2.68. The molecule has 0 atom stereocenters. The van der Waals surface area contributed by atoms with E-state index >= 15 is 0 Å². The Kier molecular flexibility index (Phi) is 4.16. The maximum absolute atomic E-state index is 10.1.